The first-order valence-corrected chi connectivity index (χ1v) is 18.6. The molecule has 0 aromatic heterocycles. The van der Waals surface area contributed by atoms with Crippen LogP contribution in [0.5, 0.6) is 0 Å². The summed E-state index contributed by atoms with van der Waals surface area (Å²) in [5.41, 5.74) is 0. The van der Waals surface area contributed by atoms with Crippen LogP contribution < -0.4 is 10.6 Å². The minimum atomic E-state index is 0.868. The Bertz CT molecular complexity index is 767. The third-order valence-corrected chi connectivity index (χ3v) is 14.2. The molecule has 2 N–H and O–H groups in total. The molecule has 3 nitrogen and oxygen atoms in total. The molecule has 40 heavy (non-hydrogen) atoms. The Kier molecular flexibility index (Phi) is 10.6. The molecule has 0 bridgehead atoms. The molecule has 0 saturated heterocycles. The van der Waals surface area contributed by atoms with Crippen LogP contribution in [0.1, 0.15) is 122 Å². The molecule has 0 heterocycles. The van der Waals surface area contributed by atoms with Crippen molar-refractivity contribution in [2.45, 2.75) is 129 Å². The van der Waals surface area contributed by atoms with Gasteiger partial charge in [-0.15, -0.1) is 0 Å². The highest BCUT2D eigenvalue weighted by atomic mass is 15.1. The molecule has 0 spiro atoms. The predicted molar refractivity (Wildman–Crippen MR) is 170 cm³/mol. The quantitative estimate of drug-likeness (QED) is 0.268. The zero-order valence-electron chi connectivity index (χ0n) is 26.9. The Hall–Kier alpha value is -0.120. The topological polar surface area (TPSA) is 27.3 Å². The van der Waals surface area contributed by atoms with E-state index in [1.807, 2.05) is 0 Å². The van der Waals surface area contributed by atoms with E-state index in [-0.39, 0.29) is 0 Å². The maximum Gasteiger partial charge on any atom is 0.00951 e. The van der Waals surface area contributed by atoms with Crippen molar-refractivity contribution in [2.24, 2.45) is 65.1 Å². The second kappa shape index (κ2) is 14.1. The number of hydrogen-bond acceptors (Lipinski definition) is 3. The summed E-state index contributed by atoms with van der Waals surface area (Å²) in [4.78, 5) is 2.85. The normalized spacial score (nSPS) is 45.6. The Labute approximate surface area is 249 Å². The fraction of sp³-hybridized carbons (Fsp3) is 1.00. The molecule has 6 saturated carbocycles. The number of hydrogen-bond donors (Lipinski definition) is 2. The summed E-state index contributed by atoms with van der Waals surface area (Å²) in [6, 6.07) is 0.868. The van der Waals surface area contributed by atoms with E-state index in [1.165, 1.54) is 122 Å². The van der Waals surface area contributed by atoms with E-state index in [0.717, 1.165) is 71.1 Å². The number of nitrogens with zero attached hydrogens (tertiary/aromatic N) is 1. The van der Waals surface area contributed by atoms with Gasteiger partial charge in [0.1, 0.15) is 0 Å². The Morgan fingerprint density at radius 3 is 2.15 bits per heavy atom. The van der Waals surface area contributed by atoms with Crippen molar-refractivity contribution in [2.75, 3.05) is 40.3 Å². The monoisotopic (exact) mass is 554 g/mol. The van der Waals surface area contributed by atoms with Crippen molar-refractivity contribution in [1.29, 1.82) is 0 Å². The van der Waals surface area contributed by atoms with Gasteiger partial charge in [-0.2, -0.15) is 0 Å². The van der Waals surface area contributed by atoms with Gasteiger partial charge in [-0.05, 0) is 189 Å². The van der Waals surface area contributed by atoms with E-state index in [9.17, 15) is 0 Å². The van der Waals surface area contributed by atoms with Gasteiger partial charge >= 0.3 is 0 Å². The van der Waals surface area contributed by atoms with Crippen LogP contribution in [0.25, 0.3) is 0 Å². The zero-order chi connectivity index (χ0) is 27.5. The molecule has 6 aliphatic rings. The van der Waals surface area contributed by atoms with E-state index in [2.05, 4.69) is 36.6 Å². The maximum absolute atomic E-state index is 3.97. The molecule has 6 aliphatic carbocycles. The van der Waals surface area contributed by atoms with Gasteiger partial charge < -0.3 is 15.5 Å². The van der Waals surface area contributed by atoms with Gasteiger partial charge in [-0.1, -0.05) is 32.6 Å². The highest BCUT2D eigenvalue weighted by Gasteiger charge is 2.41. The van der Waals surface area contributed by atoms with Crippen molar-refractivity contribution in [3.63, 3.8) is 0 Å². The zero-order valence-corrected chi connectivity index (χ0v) is 26.9. The standard InChI is InChI=1S/C37H67N3/c1-26-7-15-36-32(19-26)12-13-34(36)24-39-18-17-27-8-10-30-21-28(9-11-29(30)20-27)25-40(3)35-14-16-37-31(22-35)5-4-6-33(37)23-38-2/h26-39H,4-25H2,1-3H3/t26-,27?,28?,29?,30?,31?,32?,33?,34?,35-,36?,37?/m1/s1. The molecular weight excluding hydrogens is 486 g/mol. The van der Waals surface area contributed by atoms with Crippen molar-refractivity contribution < 1.29 is 0 Å². The second-order valence-electron chi connectivity index (χ2n) is 16.6. The molecular formula is C37H67N3. The number of rotatable bonds is 10. The Balaban J connectivity index is 0.873. The fourth-order valence-corrected chi connectivity index (χ4v) is 12.0. The first-order chi connectivity index (χ1) is 19.6. The molecule has 3 heteroatoms. The largest absolute Gasteiger partial charge is 0.319 e. The van der Waals surface area contributed by atoms with Crippen LogP contribution in [0.4, 0.5) is 0 Å². The van der Waals surface area contributed by atoms with Gasteiger partial charge in [0, 0.05) is 12.6 Å². The third kappa shape index (κ3) is 7.15. The molecule has 6 fully saturated rings. The first kappa shape index (κ1) is 29.9. The second-order valence-corrected chi connectivity index (χ2v) is 16.6. The lowest BCUT2D eigenvalue weighted by Crippen LogP contribution is -2.45. The summed E-state index contributed by atoms with van der Waals surface area (Å²) in [7, 11) is 4.65. The van der Waals surface area contributed by atoms with Crippen LogP contribution in [0.2, 0.25) is 0 Å². The van der Waals surface area contributed by atoms with Crippen LogP contribution in [-0.2, 0) is 0 Å². The average molecular weight is 554 g/mol. The summed E-state index contributed by atoms with van der Waals surface area (Å²) < 4.78 is 0. The van der Waals surface area contributed by atoms with Gasteiger partial charge in [-0.3, -0.25) is 0 Å². The number of fused-ring (bicyclic) bond motifs is 3. The predicted octanol–water partition coefficient (Wildman–Crippen LogP) is 8.00. The molecule has 0 radical (unpaired) electrons. The summed E-state index contributed by atoms with van der Waals surface area (Å²) in [5, 5.41) is 7.47. The van der Waals surface area contributed by atoms with Crippen molar-refractivity contribution in [1.82, 2.24) is 15.5 Å². The van der Waals surface area contributed by atoms with Crippen molar-refractivity contribution in [3.8, 4) is 0 Å². The van der Waals surface area contributed by atoms with Gasteiger partial charge in [0.2, 0.25) is 0 Å². The molecule has 0 aromatic rings. The molecule has 0 aliphatic heterocycles. The lowest BCUT2D eigenvalue weighted by molar-refractivity contribution is 0.0330. The van der Waals surface area contributed by atoms with Crippen molar-refractivity contribution >= 4 is 0 Å². The van der Waals surface area contributed by atoms with Gasteiger partial charge in [-0.25, -0.2) is 0 Å². The SMILES string of the molecule is CNCC1CCCC2C[C@H](N(C)CC3CCC4CC(CCNCC5CCC6C[C@H](C)CCC56)CCC4C3)CCC12. The smallest absolute Gasteiger partial charge is 0.00951 e. The lowest BCUT2D eigenvalue weighted by Gasteiger charge is -2.47. The summed E-state index contributed by atoms with van der Waals surface area (Å²) in [6.45, 7) is 7.75. The van der Waals surface area contributed by atoms with E-state index >= 15 is 0 Å². The van der Waals surface area contributed by atoms with Crippen LogP contribution in [0.15, 0.2) is 0 Å². The van der Waals surface area contributed by atoms with E-state index < -0.39 is 0 Å². The fourth-order valence-electron chi connectivity index (χ4n) is 12.0. The van der Waals surface area contributed by atoms with Crippen LogP contribution >= 0.6 is 0 Å². The Morgan fingerprint density at radius 2 is 1.32 bits per heavy atom. The highest BCUT2D eigenvalue weighted by Crippen LogP contribution is 2.49. The minimum Gasteiger partial charge on any atom is -0.319 e. The summed E-state index contributed by atoms with van der Waals surface area (Å²) in [5.74, 6) is 11.2. The molecule has 0 amide bonds. The number of nitrogens with one attached hydrogen (secondary N) is 2. The van der Waals surface area contributed by atoms with Gasteiger partial charge in [0.15, 0.2) is 0 Å². The summed E-state index contributed by atoms with van der Waals surface area (Å²) >= 11 is 0. The van der Waals surface area contributed by atoms with Crippen LogP contribution in [-0.4, -0.2) is 51.2 Å². The molecule has 0 aromatic carbocycles. The first-order valence-electron chi connectivity index (χ1n) is 18.6. The molecule has 230 valence electrons. The third-order valence-electron chi connectivity index (χ3n) is 14.2. The van der Waals surface area contributed by atoms with Crippen molar-refractivity contribution in [3.05, 3.63) is 0 Å². The minimum absolute atomic E-state index is 0.868. The Morgan fingerprint density at radius 1 is 0.625 bits per heavy atom. The maximum atomic E-state index is 3.97. The van der Waals surface area contributed by atoms with E-state index in [1.54, 1.807) is 19.3 Å². The van der Waals surface area contributed by atoms with Crippen LogP contribution in [0, 0.1) is 65.1 Å². The highest BCUT2D eigenvalue weighted by molar-refractivity contribution is 4.93. The van der Waals surface area contributed by atoms with E-state index in [0.29, 0.717) is 0 Å². The summed E-state index contributed by atoms with van der Waals surface area (Å²) in [6.07, 6.45) is 27.2. The average Bonchev–Trinajstić information content (AvgIpc) is 3.37. The lowest BCUT2D eigenvalue weighted by atomic mass is 9.63. The van der Waals surface area contributed by atoms with E-state index in [4.69, 9.17) is 0 Å². The molecule has 12 atom stereocenters. The van der Waals surface area contributed by atoms with Gasteiger partial charge in [0.25, 0.3) is 0 Å². The molecule has 6 rings (SSSR count). The van der Waals surface area contributed by atoms with Gasteiger partial charge in [0.05, 0.1) is 0 Å². The molecule has 10 unspecified atom stereocenters. The van der Waals surface area contributed by atoms with Crippen LogP contribution in [0.3, 0.4) is 0 Å².